The van der Waals surface area contributed by atoms with Crippen LogP contribution < -0.4 is 5.32 Å². The Balaban J connectivity index is 1.82. The van der Waals surface area contributed by atoms with E-state index in [9.17, 15) is 14.4 Å². The van der Waals surface area contributed by atoms with Crippen LogP contribution in [0.4, 0.5) is 0 Å². The zero-order valence-corrected chi connectivity index (χ0v) is 17.4. The van der Waals surface area contributed by atoms with E-state index < -0.39 is 12.0 Å². The Morgan fingerprint density at radius 2 is 1.61 bits per heavy atom. The molecule has 1 aromatic rings. The molecule has 0 aromatic heterocycles. The van der Waals surface area contributed by atoms with E-state index in [4.69, 9.17) is 4.74 Å². The number of rotatable bonds is 5. The van der Waals surface area contributed by atoms with Gasteiger partial charge in [-0.05, 0) is 42.9 Å². The smallest absolute Gasteiger partial charge is 0.328 e. The number of amides is 2. The van der Waals surface area contributed by atoms with Crippen molar-refractivity contribution in [3.8, 4) is 0 Å². The third kappa shape index (κ3) is 6.36. The lowest BCUT2D eigenvalue weighted by Gasteiger charge is -2.21. The first-order valence-corrected chi connectivity index (χ1v) is 10.0. The summed E-state index contributed by atoms with van der Waals surface area (Å²) in [7, 11) is 0. The number of hydrogen-bond donors (Lipinski definition) is 1. The summed E-state index contributed by atoms with van der Waals surface area (Å²) in [5.74, 6) is -1.13. The van der Waals surface area contributed by atoms with Crippen LogP contribution in [0.5, 0.6) is 0 Å². The van der Waals surface area contributed by atoms with Crippen molar-refractivity contribution in [1.29, 1.82) is 0 Å². The molecule has 6 nitrogen and oxygen atoms in total. The number of nitrogens with one attached hydrogen (secondary N) is 1. The maximum Gasteiger partial charge on any atom is 0.328 e. The van der Waals surface area contributed by atoms with Gasteiger partial charge in [0.1, 0.15) is 6.04 Å². The summed E-state index contributed by atoms with van der Waals surface area (Å²) in [5.41, 5.74) is 1.61. The van der Waals surface area contributed by atoms with E-state index in [0.29, 0.717) is 18.7 Å². The molecule has 0 radical (unpaired) electrons. The predicted molar refractivity (Wildman–Crippen MR) is 108 cm³/mol. The number of ether oxygens (including phenoxy) is 1. The molecule has 1 unspecified atom stereocenters. The van der Waals surface area contributed by atoms with Gasteiger partial charge in [-0.15, -0.1) is 0 Å². The van der Waals surface area contributed by atoms with Gasteiger partial charge in [-0.1, -0.05) is 45.7 Å². The number of benzene rings is 1. The second-order valence-electron chi connectivity index (χ2n) is 8.43. The minimum Gasteiger partial charge on any atom is -0.454 e. The van der Waals surface area contributed by atoms with E-state index in [1.54, 1.807) is 24.0 Å². The van der Waals surface area contributed by atoms with Crippen molar-refractivity contribution in [2.45, 2.75) is 64.8 Å². The lowest BCUT2D eigenvalue weighted by Crippen LogP contribution is -2.41. The van der Waals surface area contributed by atoms with Crippen LogP contribution in [-0.2, 0) is 19.7 Å². The van der Waals surface area contributed by atoms with Crippen molar-refractivity contribution in [2.75, 3.05) is 19.7 Å². The molecule has 1 N–H and O–H groups in total. The van der Waals surface area contributed by atoms with Gasteiger partial charge in [0.2, 0.25) is 0 Å². The Morgan fingerprint density at radius 3 is 2.14 bits per heavy atom. The molecule has 2 amide bonds. The predicted octanol–water partition coefficient (Wildman–Crippen LogP) is 3.05. The number of hydrogen-bond acceptors (Lipinski definition) is 4. The van der Waals surface area contributed by atoms with E-state index in [0.717, 1.165) is 31.2 Å². The molecule has 2 rings (SSSR count). The number of carbonyl (C=O) groups excluding carboxylic acids is 3. The highest BCUT2D eigenvalue weighted by atomic mass is 16.5. The van der Waals surface area contributed by atoms with Crippen molar-refractivity contribution in [3.05, 3.63) is 35.4 Å². The van der Waals surface area contributed by atoms with Gasteiger partial charge in [0.25, 0.3) is 11.8 Å². The summed E-state index contributed by atoms with van der Waals surface area (Å²) in [5, 5.41) is 2.63. The molecule has 0 bridgehead atoms. The maximum absolute atomic E-state index is 12.4. The molecule has 6 heteroatoms. The lowest BCUT2D eigenvalue weighted by molar-refractivity contribution is -0.153. The van der Waals surface area contributed by atoms with Crippen LogP contribution in [0.25, 0.3) is 0 Å². The molecule has 1 aromatic carbocycles. The molecule has 0 saturated carbocycles. The minimum absolute atomic E-state index is 0.00597. The molecule has 1 aliphatic heterocycles. The Bertz CT molecular complexity index is 683. The molecular weight excluding hydrogens is 356 g/mol. The Kier molecular flexibility index (Phi) is 7.61. The second kappa shape index (κ2) is 9.71. The van der Waals surface area contributed by atoms with Gasteiger partial charge in [-0.2, -0.15) is 0 Å². The number of nitrogens with zero attached hydrogens (tertiary/aromatic N) is 1. The van der Waals surface area contributed by atoms with Crippen LogP contribution in [0, 0.1) is 0 Å². The normalized spacial score (nSPS) is 16.1. The lowest BCUT2D eigenvalue weighted by atomic mass is 9.86. The van der Waals surface area contributed by atoms with Gasteiger partial charge in [-0.25, -0.2) is 4.79 Å². The van der Waals surface area contributed by atoms with E-state index in [1.807, 2.05) is 12.1 Å². The highest BCUT2D eigenvalue weighted by molar-refractivity contribution is 5.96. The quantitative estimate of drug-likeness (QED) is 0.787. The van der Waals surface area contributed by atoms with Crippen molar-refractivity contribution in [3.63, 3.8) is 0 Å². The number of carbonyl (C=O) groups is 3. The Morgan fingerprint density at radius 1 is 1.04 bits per heavy atom. The van der Waals surface area contributed by atoms with Crippen LogP contribution in [0.1, 0.15) is 69.3 Å². The van der Waals surface area contributed by atoms with Gasteiger partial charge >= 0.3 is 5.97 Å². The summed E-state index contributed by atoms with van der Waals surface area (Å²) in [6.45, 7) is 9.02. The molecule has 0 aliphatic carbocycles. The third-order valence-corrected chi connectivity index (χ3v) is 5.01. The fraction of sp³-hybridized carbons (Fsp3) is 0.591. The Labute approximate surface area is 167 Å². The number of likely N-dealkylation sites (tertiary alicyclic amines) is 1. The van der Waals surface area contributed by atoms with Gasteiger partial charge in [0.15, 0.2) is 6.61 Å². The first-order valence-electron chi connectivity index (χ1n) is 10.0. The standard InChI is InChI=1S/C22H32N2O4/c1-16(21(27)28-15-19(25)24-13-7-5-6-8-14-24)23-20(26)17-9-11-18(12-10-17)22(2,3)4/h9-12,16H,5-8,13-15H2,1-4H3,(H,23,26). The topological polar surface area (TPSA) is 75.7 Å². The molecule has 0 spiro atoms. The van der Waals surface area contributed by atoms with Crippen LogP contribution >= 0.6 is 0 Å². The van der Waals surface area contributed by atoms with E-state index in [1.165, 1.54) is 0 Å². The molecule has 28 heavy (non-hydrogen) atoms. The summed E-state index contributed by atoms with van der Waals surface area (Å²) in [6, 6.07) is 6.50. The molecular formula is C22H32N2O4. The highest BCUT2D eigenvalue weighted by Gasteiger charge is 2.22. The first-order chi connectivity index (χ1) is 13.2. The van der Waals surface area contributed by atoms with Gasteiger partial charge < -0.3 is 15.0 Å². The van der Waals surface area contributed by atoms with Crippen LogP contribution in [0.3, 0.4) is 0 Å². The summed E-state index contributed by atoms with van der Waals surface area (Å²) >= 11 is 0. The molecule has 1 saturated heterocycles. The van der Waals surface area contributed by atoms with E-state index in [-0.39, 0.29) is 23.8 Å². The van der Waals surface area contributed by atoms with E-state index in [2.05, 4.69) is 26.1 Å². The number of esters is 1. The van der Waals surface area contributed by atoms with Crippen LogP contribution in [-0.4, -0.2) is 48.4 Å². The molecule has 1 fully saturated rings. The molecule has 1 aliphatic rings. The van der Waals surface area contributed by atoms with Crippen LogP contribution in [0.15, 0.2) is 24.3 Å². The minimum atomic E-state index is -0.827. The van der Waals surface area contributed by atoms with Crippen molar-refractivity contribution in [1.82, 2.24) is 10.2 Å². The van der Waals surface area contributed by atoms with E-state index >= 15 is 0 Å². The molecule has 1 heterocycles. The zero-order valence-electron chi connectivity index (χ0n) is 17.4. The average molecular weight is 389 g/mol. The van der Waals surface area contributed by atoms with Crippen molar-refractivity contribution in [2.24, 2.45) is 0 Å². The average Bonchev–Trinajstić information content (AvgIpc) is 2.94. The molecule has 1 atom stereocenters. The van der Waals surface area contributed by atoms with Gasteiger partial charge in [0, 0.05) is 18.7 Å². The summed E-state index contributed by atoms with van der Waals surface area (Å²) in [4.78, 5) is 38.4. The largest absolute Gasteiger partial charge is 0.454 e. The van der Waals surface area contributed by atoms with Crippen molar-refractivity contribution >= 4 is 17.8 Å². The monoisotopic (exact) mass is 388 g/mol. The van der Waals surface area contributed by atoms with Gasteiger partial charge in [-0.3, -0.25) is 9.59 Å². The zero-order chi connectivity index (χ0) is 20.7. The van der Waals surface area contributed by atoms with Gasteiger partial charge in [0.05, 0.1) is 0 Å². The fourth-order valence-electron chi connectivity index (χ4n) is 3.13. The summed E-state index contributed by atoms with van der Waals surface area (Å²) < 4.78 is 5.12. The highest BCUT2D eigenvalue weighted by Crippen LogP contribution is 2.22. The maximum atomic E-state index is 12.4. The van der Waals surface area contributed by atoms with Crippen LogP contribution in [0.2, 0.25) is 0 Å². The first kappa shape index (κ1) is 21.9. The SMILES string of the molecule is CC(NC(=O)c1ccc(C(C)(C)C)cc1)C(=O)OCC(=O)N1CCCCCC1. The van der Waals surface area contributed by atoms with Crippen molar-refractivity contribution < 1.29 is 19.1 Å². The summed E-state index contributed by atoms with van der Waals surface area (Å²) in [6.07, 6.45) is 4.23. The second-order valence-corrected chi connectivity index (χ2v) is 8.43. The molecule has 154 valence electrons. The fourth-order valence-corrected chi connectivity index (χ4v) is 3.13. The third-order valence-electron chi connectivity index (χ3n) is 5.01. The Hall–Kier alpha value is -2.37.